The third-order valence-corrected chi connectivity index (χ3v) is 5.13. The van der Waals surface area contributed by atoms with Crippen molar-refractivity contribution in [3.63, 3.8) is 0 Å². The number of urea groups is 1. The highest BCUT2D eigenvalue weighted by molar-refractivity contribution is 5.75. The fourth-order valence-electron chi connectivity index (χ4n) is 3.94. The average Bonchev–Trinajstić information content (AvgIpc) is 2.94. The molecule has 2 aliphatic heterocycles. The summed E-state index contributed by atoms with van der Waals surface area (Å²) < 4.78 is 0. The minimum atomic E-state index is 0.184. The minimum absolute atomic E-state index is 0.184. The number of carbonyl (C=O) groups excluding carboxylic acids is 1. The third kappa shape index (κ3) is 2.22. The van der Waals surface area contributed by atoms with Crippen LogP contribution in [0.25, 0.3) is 0 Å². The van der Waals surface area contributed by atoms with Gasteiger partial charge in [0.25, 0.3) is 0 Å². The van der Waals surface area contributed by atoms with E-state index in [1.54, 1.807) is 0 Å². The van der Waals surface area contributed by atoms with Crippen molar-refractivity contribution in [3.8, 4) is 0 Å². The van der Waals surface area contributed by atoms with E-state index in [4.69, 9.17) is 0 Å². The lowest BCUT2D eigenvalue weighted by atomic mass is 9.95. The van der Waals surface area contributed by atoms with Gasteiger partial charge in [-0.25, -0.2) is 4.79 Å². The highest BCUT2D eigenvalue weighted by Crippen LogP contribution is 2.32. The zero-order chi connectivity index (χ0) is 12.5. The molecule has 3 fully saturated rings. The predicted molar refractivity (Wildman–Crippen MR) is 71.4 cm³/mol. The van der Waals surface area contributed by atoms with Gasteiger partial charge in [0.2, 0.25) is 0 Å². The van der Waals surface area contributed by atoms with E-state index < -0.39 is 0 Å². The van der Waals surface area contributed by atoms with Crippen LogP contribution in [0.3, 0.4) is 0 Å². The molecule has 3 atom stereocenters. The number of fused-ring (bicyclic) bond motifs is 1. The number of likely N-dealkylation sites (tertiary alicyclic amines) is 1. The number of nitrogens with one attached hydrogen (secondary N) is 2. The van der Waals surface area contributed by atoms with E-state index in [-0.39, 0.29) is 6.03 Å². The molecule has 1 aliphatic carbocycles. The maximum Gasteiger partial charge on any atom is 0.317 e. The summed E-state index contributed by atoms with van der Waals surface area (Å²) in [5, 5.41) is 6.68. The average molecular weight is 251 g/mol. The Morgan fingerprint density at radius 3 is 2.72 bits per heavy atom. The standard InChI is InChI=1S/C14H25N3O/c1-10-13-8-15-7-11(13)9-17(10)14(18)16-12-5-3-2-4-6-12/h10-13,15H,2-9H2,1H3,(H,16,18). The van der Waals surface area contributed by atoms with Gasteiger partial charge < -0.3 is 15.5 Å². The van der Waals surface area contributed by atoms with Gasteiger partial charge >= 0.3 is 6.03 Å². The van der Waals surface area contributed by atoms with Crippen molar-refractivity contribution in [1.29, 1.82) is 0 Å². The minimum Gasteiger partial charge on any atom is -0.335 e. The normalized spacial score (nSPS) is 36.7. The Bertz CT molecular complexity index is 314. The topological polar surface area (TPSA) is 44.4 Å². The number of carbonyl (C=O) groups is 1. The van der Waals surface area contributed by atoms with E-state index in [1.807, 2.05) is 0 Å². The van der Waals surface area contributed by atoms with Crippen molar-refractivity contribution in [2.24, 2.45) is 11.8 Å². The molecule has 18 heavy (non-hydrogen) atoms. The lowest BCUT2D eigenvalue weighted by Gasteiger charge is -2.29. The van der Waals surface area contributed by atoms with Crippen LogP contribution in [0.5, 0.6) is 0 Å². The van der Waals surface area contributed by atoms with Crippen LogP contribution < -0.4 is 10.6 Å². The number of amides is 2. The van der Waals surface area contributed by atoms with E-state index >= 15 is 0 Å². The molecule has 0 aromatic heterocycles. The molecule has 0 aromatic rings. The van der Waals surface area contributed by atoms with Gasteiger partial charge in [0.05, 0.1) is 0 Å². The van der Waals surface area contributed by atoms with Gasteiger partial charge in [-0.05, 0) is 31.6 Å². The van der Waals surface area contributed by atoms with E-state index in [9.17, 15) is 4.79 Å². The van der Waals surface area contributed by atoms with Gasteiger partial charge in [-0.1, -0.05) is 19.3 Å². The maximum atomic E-state index is 12.3. The number of rotatable bonds is 1. The van der Waals surface area contributed by atoms with E-state index in [1.165, 1.54) is 32.1 Å². The first kappa shape index (κ1) is 12.3. The first-order valence-corrected chi connectivity index (χ1v) is 7.53. The molecule has 102 valence electrons. The zero-order valence-corrected chi connectivity index (χ0v) is 11.3. The van der Waals surface area contributed by atoms with Crippen molar-refractivity contribution in [2.45, 2.75) is 51.1 Å². The highest BCUT2D eigenvalue weighted by Gasteiger charge is 2.43. The molecule has 2 saturated heterocycles. The van der Waals surface area contributed by atoms with Crippen LogP contribution >= 0.6 is 0 Å². The molecule has 0 radical (unpaired) electrons. The molecule has 0 aromatic carbocycles. The van der Waals surface area contributed by atoms with Crippen LogP contribution in [0.2, 0.25) is 0 Å². The van der Waals surface area contributed by atoms with E-state index in [2.05, 4.69) is 22.5 Å². The lowest BCUT2D eigenvalue weighted by Crippen LogP contribution is -2.48. The molecule has 3 aliphatic rings. The van der Waals surface area contributed by atoms with Crippen molar-refractivity contribution in [1.82, 2.24) is 15.5 Å². The summed E-state index contributed by atoms with van der Waals surface area (Å²) in [7, 11) is 0. The Morgan fingerprint density at radius 1 is 1.22 bits per heavy atom. The molecular weight excluding hydrogens is 226 g/mol. The van der Waals surface area contributed by atoms with Gasteiger partial charge in [-0.3, -0.25) is 0 Å². The number of hydrogen-bond acceptors (Lipinski definition) is 2. The molecule has 3 rings (SSSR count). The molecule has 2 heterocycles. The molecule has 2 N–H and O–H groups in total. The SMILES string of the molecule is CC1C2CNCC2CN1C(=O)NC1CCCCC1. The van der Waals surface area contributed by atoms with Gasteiger partial charge in [0.15, 0.2) is 0 Å². The van der Waals surface area contributed by atoms with Gasteiger partial charge in [-0.15, -0.1) is 0 Å². The second-order valence-electron chi connectivity index (χ2n) is 6.26. The van der Waals surface area contributed by atoms with Crippen molar-refractivity contribution >= 4 is 6.03 Å². The molecule has 1 saturated carbocycles. The molecule has 0 bridgehead atoms. The second kappa shape index (κ2) is 5.08. The summed E-state index contributed by atoms with van der Waals surface area (Å²) in [5.41, 5.74) is 0. The monoisotopic (exact) mass is 251 g/mol. The number of nitrogens with zero attached hydrogens (tertiary/aromatic N) is 1. The molecule has 2 amide bonds. The van der Waals surface area contributed by atoms with E-state index in [0.29, 0.717) is 23.9 Å². The predicted octanol–water partition coefficient (Wildman–Crippen LogP) is 1.57. The summed E-state index contributed by atoms with van der Waals surface area (Å²) in [6.45, 7) is 5.32. The second-order valence-corrected chi connectivity index (χ2v) is 6.26. The summed E-state index contributed by atoms with van der Waals surface area (Å²) in [6, 6.07) is 1.01. The molecule has 4 heteroatoms. The Morgan fingerprint density at radius 2 is 2.00 bits per heavy atom. The summed E-state index contributed by atoms with van der Waals surface area (Å²) >= 11 is 0. The van der Waals surface area contributed by atoms with Crippen LogP contribution in [0.15, 0.2) is 0 Å². The quantitative estimate of drug-likeness (QED) is 0.743. The molecule has 3 unspecified atom stereocenters. The third-order valence-electron chi connectivity index (χ3n) is 5.13. The van der Waals surface area contributed by atoms with Crippen LogP contribution in [-0.2, 0) is 0 Å². The summed E-state index contributed by atoms with van der Waals surface area (Å²) in [6.07, 6.45) is 6.22. The Hall–Kier alpha value is -0.770. The fraction of sp³-hybridized carbons (Fsp3) is 0.929. The van der Waals surface area contributed by atoms with Crippen molar-refractivity contribution in [3.05, 3.63) is 0 Å². The largest absolute Gasteiger partial charge is 0.335 e. The van der Waals surface area contributed by atoms with Gasteiger partial charge in [0, 0.05) is 31.7 Å². The van der Waals surface area contributed by atoms with Gasteiger partial charge in [0.1, 0.15) is 0 Å². The Kier molecular flexibility index (Phi) is 3.46. The fourth-order valence-corrected chi connectivity index (χ4v) is 3.94. The first-order chi connectivity index (χ1) is 8.75. The molecular formula is C14H25N3O. The van der Waals surface area contributed by atoms with Crippen molar-refractivity contribution < 1.29 is 4.79 Å². The van der Waals surface area contributed by atoms with E-state index in [0.717, 1.165) is 19.6 Å². The smallest absolute Gasteiger partial charge is 0.317 e. The van der Waals surface area contributed by atoms with Crippen LogP contribution in [0.1, 0.15) is 39.0 Å². The maximum absolute atomic E-state index is 12.3. The van der Waals surface area contributed by atoms with Crippen molar-refractivity contribution in [2.75, 3.05) is 19.6 Å². The van der Waals surface area contributed by atoms with Crippen LogP contribution in [0, 0.1) is 11.8 Å². The first-order valence-electron chi connectivity index (χ1n) is 7.53. The zero-order valence-electron chi connectivity index (χ0n) is 11.3. The van der Waals surface area contributed by atoms with Crippen LogP contribution in [-0.4, -0.2) is 42.6 Å². The Balaban J connectivity index is 1.56. The molecule has 0 spiro atoms. The summed E-state index contributed by atoms with van der Waals surface area (Å²) in [4.78, 5) is 14.4. The number of hydrogen-bond donors (Lipinski definition) is 2. The van der Waals surface area contributed by atoms with Crippen LogP contribution in [0.4, 0.5) is 4.79 Å². The molecule has 4 nitrogen and oxygen atoms in total. The highest BCUT2D eigenvalue weighted by atomic mass is 16.2. The van der Waals surface area contributed by atoms with Gasteiger partial charge in [-0.2, -0.15) is 0 Å². The Labute approximate surface area is 109 Å². The lowest BCUT2D eigenvalue weighted by molar-refractivity contribution is 0.182. The summed E-state index contributed by atoms with van der Waals surface area (Å²) in [5.74, 6) is 1.35.